The van der Waals surface area contributed by atoms with Crippen molar-refractivity contribution >= 4 is 34.7 Å². The summed E-state index contributed by atoms with van der Waals surface area (Å²) < 4.78 is 47.4. The summed E-state index contributed by atoms with van der Waals surface area (Å²) >= 11 is 0. The van der Waals surface area contributed by atoms with Crippen molar-refractivity contribution in [1.82, 2.24) is 29.5 Å². The second-order valence-corrected chi connectivity index (χ2v) is 14.5. The minimum Gasteiger partial charge on any atom is -0.489 e. The molecule has 3 amide bonds. The van der Waals surface area contributed by atoms with Gasteiger partial charge >= 0.3 is 6.18 Å². The number of hydrogen-bond donors (Lipinski definition) is 2. The Morgan fingerprint density at radius 1 is 0.926 bits per heavy atom. The first-order valence-corrected chi connectivity index (χ1v) is 18.6. The van der Waals surface area contributed by atoms with E-state index in [1.807, 2.05) is 36.6 Å². The number of imide groups is 1. The number of imidazole rings is 1. The molecule has 1 unspecified atom stereocenters. The predicted molar refractivity (Wildman–Crippen MR) is 197 cm³/mol. The number of likely N-dealkylation sites (tertiary alicyclic amines) is 1. The predicted octanol–water partition coefficient (Wildman–Crippen LogP) is 5.31. The van der Waals surface area contributed by atoms with Gasteiger partial charge in [0.15, 0.2) is 0 Å². The maximum atomic E-state index is 13.2. The summed E-state index contributed by atoms with van der Waals surface area (Å²) in [5.74, 6) is -0.814. The number of nitrogens with one attached hydrogen (secondary N) is 2. The van der Waals surface area contributed by atoms with E-state index in [0.29, 0.717) is 29.9 Å². The van der Waals surface area contributed by atoms with Gasteiger partial charge in [-0.25, -0.2) is 9.97 Å². The molecule has 3 fully saturated rings. The molecule has 3 saturated heterocycles. The molecule has 0 bridgehead atoms. The number of ether oxygens (including phenoxy) is 1. The normalized spacial score (nSPS) is 19.4. The molecule has 15 heteroatoms. The number of anilines is 2. The van der Waals surface area contributed by atoms with Gasteiger partial charge in [0, 0.05) is 75.8 Å². The van der Waals surface area contributed by atoms with Crippen LogP contribution in [0.5, 0.6) is 5.75 Å². The molecule has 0 aliphatic carbocycles. The van der Waals surface area contributed by atoms with E-state index in [0.717, 1.165) is 94.3 Å². The molecule has 3 aromatic heterocycles. The van der Waals surface area contributed by atoms with Crippen molar-refractivity contribution in [3.05, 3.63) is 83.6 Å². The van der Waals surface area contributed by atoms with Gasteiger partial charge in [-0.15, -0.1) is 0 Å². The summed E-state index contributed by atoms with van der Waals surface area (Å²) in [5, 5.41) is 5.13. The van der Waals surface area contributed by atoms with Crippen molar-refractivity contribution in [3.63, 3.8) is 0 Å². The zero-order valence-electron chi connectivity index (χ0n) is 30.4. The Balaban J connectivity index is 0.901. The number of halogens is 3. The van der Waals surface area contributed by atoms with E-state index >= 15 is 0 Å². The molecule has 12 nitrogen and oxygen atoms in total. The average molecular weight is 747 g/mol. The van der Waals surface area contributed by atoms with Crippen molar-refractivity contribution in [2.45, 2.75) is 63.6 Å². The van der Waals surface area contributed by atoms with Gasteiger partial charge < -0.3 is 24.3 Å². The van der Waals surface area contributed by atoms with Crippen LogP contribution in [0.25, 0.3) is 5.65 Å². The van der Waals surface area contributed by atoms with Crippen LogP contribution >= 0.6 is 0 Å². The number of alkyl halides is 3. The van der Waals surface area contributed by atoms with Gasteiger partial charge in [0.25, 0.3) is 5.91 Å². The molecule has 1 aromatic carbocycles. The molecule has 3 aliphatic heterocycles. The smallest absolute Gasteiger partial charge is 0.433 e. The number of carbonyl (C=O) groups is 3. The van der Waals surface area contributed by atoms with E-state index in [4.69, 9.17) is 9.72 Å². The highest BCUT2D eigenvalue weighted by atomic mass is 19.4. The summed E-state index contributed by atoms with van der Waals surface area (Å²) in [7, 11) is 0. The Morgan fingerprint density at radius 2 is 1.63 bits per heavy atom. The third-order valence-electron chi connectivity index (χ3n) is 10.5. The molecule has 0 radical (unpaired) electrons. The molecule has 3 aliphatic rings. The first-order chi connectivity index (χ1) is 25.9. The van der Waals surface area contributed by atoms with Crippen molar-refractivity contribution in [2.75, 3.05) is 62.6 Å². The number of fused-ring (bicyclic) bond motifs is 1. The molecule has 6 heterocycles. The summed E-state index contributed by atoms with van der Waals surface area (Å²) in [4.78, 5) is 52.6. The zero-order valence-corrected chi connectivity index (χ0v) is 30.4. The molecule has 1 atom stereocenters. The minimum atomic E-state index is -4.67. The van der Waals surface area contributed by atoms with Gasteiger partial charge in [-0.05, 0) is 76.0 Å². The molecular weight excluding hydrogens is 701 g/mol. The number of benzene rings is 1. The van der Waals surface area contributed by atoms with E-state index in [1.165, 1.54) is 6.07 Å². The Kier molecular flexibility index (Phi) is 10.9. The standard InChI is InChI=1S/C39H45F3N8O4/c1-25(2)54-33-22-35-44-31(23-50(35)24-32(33)45-38(53)30-4-3-5-34(43-30)39(40,41)42)27-12-14-47(15-13-27)16-17-48-18-20-49(21-19-48)28-8-6-26(7-9-28)29-10-11-36(51)46-37(29)52/h3-9,22-25,27,29H,10-21H2,1-2H3,(H,45,53)(H,46,51,52). The molecule has 0 spiro atoms. The third kappa shape index (κ3) is 8.68. The maximum Gasteiger partial charge on any atom is 0.433 e. The van der Waals surface area contributed by atoms with Crippen molar-refractivity contribution in [3.8, 4) is 5.75 Å². The molecule has 286 valence electrons. The Bertz CT molecular complexity index is 1980. The van der Waals surface area contributed by atoms with E-state index in [2.05, 4.69) is 42.5 Å². The van der Waals surface area contributed by atoms with Crippen LogP contribution in [0.15, 0.2) is 60.9 Å². The van der Waals surface area contributed by atoms with Gasteiger partial charge in [-0.2, -0.15) is 13.2 Å². The third-order valence-corrected chi connectivity index (χ3v) is 10.5. The van der Waals surface area contributed by atoms with Crippen LogP contribution in [0.4, 0.5) is 24.5 Å². The summed E-state index contributed by atoms with van der Waals surface area (Å²) in [5.41, 5.74) is 2.53. The van der Waals surface area contributed by atoms with Crippen molar-refractivity contribution in [1.29, 1.82) is 0 Å². The SMILES string of the molecule is CC(C)Oc1cc2nc(C3CCN(CCN4CCN(c5ccc(C6CCC(=O)NC6=O)cc5)CC4)CC3)cn2cc1NC(=O)c1cccc(C(F)(F)F)n1. The molecular formula is C39H45F3N8O4. The lowest BCUT2D eigenvalue weighted by atomic mass is 9.90. The van der Waals surface area contributed by atoms with E-state index in [1.54, 1.807) is 12.3 Å². The van der Waals surface area contributed by atoms with Gasteiger partial charge in [0.1, 0.15) is 28.5 Å². The van der Waals surface area contributed by atoms with Crippen molar-refractivity contribution in [2.24, 2.45) is 0 Å². The monoisotopic (exact) mass is 746 g/mol. The number of piperidine rings is 2. The maximum absolute atomic E-state index is 13.2. The Hall–Kier alpha value is -5.02. The van der Waals surface area contributed by atoms with Crippen LogP contribution in [0.1, 0.15) is 78.8 Å². The highest BCUT2D eigenvalue weighted by Gasteiger charge is 2.33. The molecule has 54 heavy (non-hydrogen) atoms. The van der Waals surface area contributed by atoms with Gasteiger partial charge in [-0.1, -0.05) is 18.2 Å². The van der Waals surface area contributed by atoms with Crippen LogP contribution in [0.2, 0.25) is 0 Å². The molecule has 4 aromatic rings. The Morgan fingerprint density at radius 3 is 2.30 bits per heavy atom. The van der Waals surface area contributed by atoms with Crippen LogP contribution < -0.4 is 20.3 Å². The van der Waals surface area contributed by atoms with Gasteiger partial charge in [0.2, 0.25) is 11.8 Å². The van der Waals surface area contributed by atoms with Gasteiger partial charge in [0.05, 0.1) is 17.7 Å². The molecule has 2 N–H and O–H groups in total. The van der Waals surface area contributed by atoms with E-state index < -0.39 is 17.8 Å². The number of hydrogen-bond acceptors (Lipinski definition) is 9. The number of carbonyl (C=O) groups excluding carboxylic acids is 3. The number of amides is 3. The fourth-order valence-corrected chi connectivity index (χ4v) is 7.48. The first-order valence-electron chi connectivity index (χ1n) is 18.6. The summed E-state index contributed by atoms with van der Waals surface area (Å²) in [6.45, 7) is 11.5. The minimum absolute atomic E-state index is 0.199. The number of aromatic nitrogens is 3. The lowest BCUT2D eigenvalue weighted by molar-refractivity contribution is -0.141. The Labute approximate surface area is 311 Å². The second kappa shape index (κ2) is 15.8. The summed E-state index contributed by atoms with van der Waals surface area (Å²) in [6.07, 6.45) is 1.61. The molecule has 0 saturated carbocycles. The van der Waals surface area contributed by atoms with Crippen molar-refractivity contribution < 1.29 is 32.3 Å². The van der Waals surface area contributed by atoms with Crippen LogP contribution in [0.3, 0.4) is 0 Å². The highest BCUT2D eigenvalue weighted by molar-refractivity contribution is 6.04. The summed E-state index contributed by atoms with van der Waals surface area (Å²) in [6, 6.07) is 13.2. The lowest BCUT2D eigenvalue weighted by Gasteiger charge is -2.38. The topological polar surface area (TPSA) is 124 Å². The zero-order chi connectivity index (χ0) is 38.0. The number of pyridine rings is 2. The van der Waals surface area contributed by atoms with Crippen LogP contribution in [-0.4, -0.2) is 100 Å². The number of rotatable bonds is 10. The number of piperazine rings is 1. The quantitative estimate of drug-likeness (QED) is 0.208. The fourth-order valence-electron chi connectivity index (χ4n) is 7.48. The fraction of sp³-hybridized carbons (Fsp3) is 0.462. The lowest BCUT2D eigenvalue weighted by Crippen LogP contribution is -2.49. The van der Waals surface area contributed by atoms with Crippen LogP contribution in [0, 0.1) is 0 Å². The second-order valence-electron chi connectivity index (χ2n) is 14.5. The number of nitrogens with zero attached hydrogens (tertiary/aromatic N) is 6. The largest absolute Gasteiger partial charge is 0.489 e. The molecule has 7 rings (SSSR count). The van der Waals surface area contributed by atoms with E-state index in [9.17, 15) is 27.6 Å². The van der Waals surface area contributed by atoms with Gasteiger partial charge in [-0.3, -0.25) is 24.6 Å². The highest BCUT2D eigenvalue weighted by Crippen LogP contribution is 2.33. The van der Waals surface area contributed by atoms with Crippen LogP contribution in [-0.2, 0) is 15.8 Å². The van der Waals surface area contributed by atoms with E-state index in [-0.39, 0.29) is 35.4 Å². The average Bonchev–Trinajstić information content (AvgIpc) is 3.57. The first kappa shape index (κ1) is 37.3.